The Morgan fingerprint density at radius 3 is 2.43 bits per heavy atom. The lowest BCUT2D eigenvalue weighted by Gasteiger charge is -2.00. The standard InChI is InChI=1S/C12H18.CH4O/c1-3-4-5-8-12-9-6-7-11(2)10-12;1-2/h6-7,9-10H,3-5,8H2,1-2H3;2H,1H3. The molecule has 0 radical (unpaired) electrons. The van der Waals surface area contributed by atoms with E-state index >= 15 is 0 Å². The molecule has 0 bridgehead atoms. The van der Waals surface area contributed by atoms with E-state index in [0.29, 0.717) is 0 Å². The Bertz CT molecular complexity index is 230. The van der Waals surface area contributed by atoms with Gasteiger partial charge in [0.25, 0.3) is 0 Å². The Balaban J connectivity index is 0.000000791. The average molecular weight is 194 g/mol. The summed E-state index contributed by atoms with van der Waals surface area (Å²) < 4.78 is 0. The van der Waals surface area contributed by atoms with Crippen LogP contribution in [0.4, 0.5) is 0 Å². The molecule has 0 heterocycles. The highest BCUT2D eigenvalue weighted by Gasteiger charge is 1.92. The van der Waals surface area contributed by atoms with Crippen molar-refractivity contribution in [2.45, 2.75) is 39.5 Å². The fraction of sp³-hybridized carbons (Fsp3) is 0.538. The number of unbranched alkanes of at least 4 members (excludes halogenated alkanes) is 2. The summed E-state index contributed by atoms with van der Waals surface area (Å²) in [6.07, 6.45) is 5.25. The number of rotatable bonds is 4. The predicted octanol–water partition coefficient (Wildman–Crippen LogP) is 3.34. The second-order valence-corrected chi connectivity index (χ2v) is 3.45. The molecule has 1 rings (SSSR count). The number of aryl methyl sites for hydroxylation is 2. The van der Waals surface area contributed by atoms with Crippen LogP contribution in [0.15, 0.2) is 24.3 Å². The second kappa shape index (κ2) is 8.76. The van der Waals surface area contributed by atoms with Crippen LogP contribution >= 0.6 is 0 Å². The monoisotopic (exact) mass is 194 g/mol. The van der Waals surface area contributed by atoms with Crippen molar-refractivity contribution in [1.82, 2.24) is 0 Å². The molecular formula is C13H22O. The summed E-state index contributed by atoms with van der Waals surface area (Å²) in [5.74, 6) is 0. The normalized spacial score (nSPS) is 9.14. The predicted molar refractivity (Wildman–Crippen MR) is 62.6 cm³/mol. The molecule has 0 aliphatic rings. The zero-order valence-corrected chi connectivity index (χ0v) is 9.59. The van der Waals surface area contributed by atoms with Crippen molar-refractivity contribution in [2.75, 3.05) is 7.11 Å². The molecule has 0 amide bonds. The van der Waals surface area contributed by atoms with E-state index in [9.17, 15) is 0 Å². The Hall–Kier alpha value is -0.820. The molecular weight excluding hydrogens is 172 g/mol. The van der Waals surface area contributed by atoms with Crippen LogP contribution in [0.1, 0.15) is 37.3 Å². The van der Waals surface area contributed by atoms with E-state index in [1.54, 1.807) is 0 Å². The van der Waals surface area contributed by atoms with Gasteiger partial charge in [-0.05, 0) is 25.3 Å². The van der Waals surface area contributed by atoms with Gasteiger partial charge in [0.15, 0.2) is 0 Å². The van der Waals surface area contributed by atoms with Crippen molar-refractivity contribution in [2.24, 2.45) is 0 Å². The minimum absolute atomic E-state index is 1.00. The Morgan fingerprint density at radius 1 is 1.14 bits per heavy atom. The van der Waals surface area contributed by atoms with Crippen molar-refractivity contribution in [3.8, 4) is 0 Å². The van der Waals surface area contributed by atoms with Crippen LogP contribution in [0.2, 0.25) is 0 Å². The molecule has 0 spiro atoms. The highest BCUT2D eigenvalue weighted by Crippen LogP contribution is 2.08. The van der Waals surface area contributed by atoms with E-state index in [-0.39, 0.29) is 0 Å². The maximum Gasteiger partial charge on any atom is 0.0319 e. The third-order valence-electron chi connectivity index (χ3n) is 2.15. The lowest BCUT2D eigenvalue weighted by atomic mass is 10.1. The van der Waals surface area contributed by atoms with Crippen molar-refractivity contribution in [1.29, 1.82) is 0 Å². The summed E-state index contributed by atoms with van der Waals surface area (Å²) in [7, 11) is 1.00. The molecule has 0 aliphatic carbocycles. The van der Waals surface area contributed by atoms with Gasteiger partial charge in [-0.3, -0.25) is 0 Å². The van der Waals surface area contributed by atoms with E-state index < -0.39 is 0 Å². The van der Waals surface area contributed by atoms with Crippen molar-refractivity contribution in [3.05, 3.63) is 35.4 Å². The fourth-order valence-corrected chi connectivity index (χ4v) is 1.45. The maximum absolute atomic E-state index is 7.00. The van der Waals surface area contributed by atoms with Crippen molar-refractivity contribution >= 4 is 0 Å². The molecule has 0 saturated carbocycles. The molecule has 1 N–H and O–H groups in total. The average Bonchev–Trinajstić information content (AvgIpc) is 2.21. The van der Waals surface area contributed by atoms with Gasteiger partial charge in [-0.25, -0.2) is 0 Å². The van der Waals surface area contributed by atoms with E-state index in [0.717, 1.165) is 7.11 Å². The Morgan fingerprint density at radius 2 is 1.86 bits per heavy atom. The van der Waals surface area contributed by atoms with Crippen LogP contribution < -0.4 is 0 Å². The Kier molecular flexibility index (Phi) is 8.25. The van der Waals surface area contributed by atoms with Gasteiger partial charge in [-0.2, -0.15) is 0 Å². The first-order chi connectivity index (χ1) is 6.83. The van der Waals surface area contributed by atoms with Crippen LogP contribution in [-0.2, 0) is 6.42 Å². The molecule has 14 heavy (non-hydrogen) atoms. The molecule has 0 aromatic heterocycles. The smallest absolute Gasteiger partial charge is 0.0319 e. The zero-order valence-electron chi connectivity index (χ0n) is 9.59. The highest BCUT2D eigenvalue weighted by molar-refractivity contribution is 5.22. The summed E-state index contributed by atoms with van der Waals surface area (Å²) in [5.41, 5.74) is 2.87. The first-order valence-corrected chi connectivity index (χ1v) is 5.33. The van der Waals surface area contributed by atoms with Gasteiger partial charge in [0.1, 0.15) is 0 Å². The van der Waals surface area contributed by atoms with Gasteiger partial charge >= 0.3 is 0 Å². The van der Waals surface area contributed by atoms with Crippen molar-refractivity contribution < 1.29 is 5.11 Å². The first-order valence-electron chi connectivity index (χ1n) is 5.33. The first kappa shape index (κ1) is 13.2. The van der Waals surface area contributed by atoms with E-state index in [1.807, 2.05) is 0 Å². The molecule has 1 heteroatoms. The van der Waals surface area contributed by atoms with Gasteiger partial charge in [-0.1, -0.05) is 49.6 Å². The minimum Gasteiger partial charge on any atom is -0.400 e. The molecule has 0 unspecified atom stereocenters. The van der Waals surface area contributed by atoms with E-state index in [1.165, 1.54) is 36.8 Å². The number of hydrogen-bond acceptors (Lipinski definition) is 1. The largest absolute Gasteiger partial charge is 0.400 e. The quantitative estimate of drug-likeness (QED) is 0.729. The molecule has 1 aromatic carbocycles. The fourth-order valence-electron chi connectivity index (χ4n) is 1.45. The maximum atomic E-state index is 7.00. The minimum atomic E-state index is 1.00. The summed E-state index contributed by atoms with van der Waals surface area (Å²) >= 11 is 0. The van der Waals surface area contributed by atoms with Gasteiger partial charge in [0.05, 0.1) is 0 Å². The number of aliphatic hydroxyl groups excluding tert-OH is 1. The van der Waals surface area contributed by atoms with Crippen LogP contribution in [0.25, 0.3) is 0 Å². The summed E-state index contributed by atoms with van der Waals surface area (Å²) in [5, 5.41) is 7.00. The van der Waals surface area contributed by atoms with Crippen LogP contribution in [-0.4, -0.2) is 12.2 Å². The topological polar surface area (TPSA) is 20.2 Å². The lowest BCUT2D eigenvalue weighted by Crippen LogP contribution is -1.85. The summed E-state index contributed by atoms with van der Waals surface area (Å²) in [6, 6.07) is 8.82. The van der Waals surface area contributed by atoms with Crippen LogP contribution in [0.5, 0.6) is 0 Å². The number of benzene rings is 1. The zero-order chi connectivity index (χ0) is 10.8. The van der Waals surface area contributed by atoms with Crippen LogP contribution in [0.3, 0.4) is 0 Å². The van der Waals surface area contributed by atoms with Crippen LogP contribution in [0, 0.1) is 6.92 Å². The SMILES string of the molecule is CCCCCc1cccc(C)c1.CO. The molecule has 1 nitrogen and oxygen atoms in total. The third-order valence-corrected chi connectivity index (χ3v) is 2.15. The third kappa shape index (κ3) is 5.76. The summed E-state index contributed by atoms with van der Waals surface area (Å²) in [6.45, 7) is 4.40. The van der Waals surface area contributed by atoms with Gasteiger partial charge < -0.3 is 5.11 Å². The van der Waals surface area contributed by atoms with Gasteiger partial charge in [0.2, 0.25) is 0 Å². The van der Waals surface area contributed by atoms with E-state index in [4.69, 9.17) is 5.11 Å². The number of aliphatic hydroxyl groups is 1. The van der Waals surface area contributed by atoms with Gasteiger partial charge in [-0.15, -0.1) is 0 Å². The Labute approximate surface area is 87.8 Å². The van der Waals surface area contributed by atoms with Crippen molar-refractivity contribution in [3.63, 3.8) is 0 Å². The molecule has 1 aromatic rings. The molecule has 0 aliphatic heterocycles. The van der Waals surface area contributed by atoms with Gasteiger partial charge in [0, 0.05) is 7.11 Å². The van der Waals surface area contributed by atoms with E-state index in [2.05, 4.69) is 38.1 Å². The molecule has 0 fully saturated rings. The number of hydrogen-bond donors (Lipinski definition) is 1. The molecule has 0 atom stereocenters. The molecule has 80 valence electrons. The summed E-state index contributed by atoms with van der Waals surface area (Å²) in [4.78, 5) is 0. The second-order valence-electron chi connectivity index (χ2n) is 3.45. The lowest BCUT2D eigenvalue weighted by molar-refractivity contribution is 0.399. The molecule has 0 saturated heterocycles. The highest BCUT2D eigenvalue weighted by atomic mass is 16.2.